The molecule has 2 aromatic rings. The van der Waals surface area contributed by atoms with Crippen LogP contribution in [-0.4, -0.2) is 17.6 Å². The van der Waals surface area contributed by atoms with Crippen LogP contribution in [0.5, 0.6) is 0 Å². The summed E-state index contributed by atoms with van der Waals surface area (Å²) in [5.41, 5.74) is 1.04. The fourth-order valence-corrected chi connectivity index (χ4v) is 3.10. The van der Waals surface area contributed by atoms with Crippen LogP contribution < -0.4 is 0 Å². The van der Waals surface area contributed by atoms with E-state index < -0.39 is 0 Å². The minimum absolute atomic E-state index is 0.287. The minimum Gasteiger partial charge on any atom is -0.462 e. The van der Waals surface area contributed by atoms with Crippen molar-refractivity contribution in [3.8, 4) is 10.4 Å². The van der Waals surface area contributed by atoms with Gasteiger partial charge in [-0.15, -0.1) is 11.3 Å². The van der Waals surface area contributed by atoms with Crippen LogP contribution in [0, 0.1) is 0 Å². The lowest BCUT2D eigenvalue weighted by molar-refractivity contribution is 0.0531. The van der Waals surface area contributed by atoms with Crippen molar-refractivity contribution in [1.82, 2.24) is 4.98 Å². The molecule has 0 saturated heterocycles. The van der Waals surface area contributed by atoms with Gasteiger partial charge < -0.3 is 4.74 Å². The third kappa shape index (κ3) is 2.73. The molecular weight excluding hydrogens is 302 g/mol. The van der Waals surface area contributed by atoms with Crippen LogP contribution in [0.4, 0.5) is 0 Å². The fraction of sp³-hybridized carbons (Fsp3) is 0.167. The molecule has 2 rings (SSSR count). The Morgan fingerprint density at radius 3 is 2.82 bits per heavy atom. The summed E-state index contributed by atoms with van der Waals surface area (Å²) < 4.78 is 5.76. The Bertz CT molecular complexity index is 525. The van der Waals surface area contributed by atoms with E-state index >= 15 is 0 Å². The maximum atomic E-state index is 11.7. The molecular formula is C12H10BrNO2S. The van der Waals surface area contributed by atoms with Gasteiger partial charge in [0, 0.05) is 21.7 Å². The van der Waals surface area contributed by atoms with Gasteiger partial charge >= 0.3 is 5.97 Å². The van der Waals surface area contributed by atoms with Crippen LogP contribution in [0.15, 0.2) is 35.1 Å². The van der Waals surface area contributed by atoms with Gasteiger partial charge in [0.25, 0.3) is 0 Å². The first-order chi connectivity index (χ1) is 8.22. The molecule has 0 aliphatic rings. The number of ether oxygens (including phenoxy) is 1. The Balaban J connectivity index is 2.34. The molecule has 0 unspecified atom stereocenters. The van der Waals surface area contributed by atoms with Gasteiger partial charge in [-0.3, -0.25) is 4.98 Å². The molecule has 0 aromatic carbocycles. The second kappa shape index (κ2) is 5.42. The van der Waals surface area contributed by atoms with Crippen LogP contribution in [0.3, 0.4) is 0 Å². The van der Waals surface area contributed by atoms with E-state index in [9.17, 15) is 4.79 Å². The highest BCUT2D eigenvalue weighted by Crippen LogP contribution is 2.34. The van der Waals surface area contributed by atoms with E-state index in [0.717, 1.165) is 14.9 Å². The lowest BCUT2D eigenvalue weighted by Crippen LogP contribution is -2.02. The first-order valence-electron chi connectivity index (χ1n) is 5.09. The molecule has 2 heterocycles. The molecule has 3 nitrogen and oxygen atoms in total. The van der Waals surface area contributed by atoms with Crippen molar-refractivity contribution in [3.05, 3.63) is 39.9 Å². The monoisotopic (exact) mass is 311 g/mol. The number of hydrogen-bond donors (Lipinski definition) is 0. The Morgan fingerprint density at radius 1 is 1.47 bits per heavy atom. The standard InChI is InChI=1S/C12H10BrNO2S/c1-2-16-12(15)11-9(13)7-10(17-11)8-3-5-14-6-4-8/h3-7H,2H2,1H3. The summed E-state index contributed by atoms with van der Waals surface area (Å²) in [6, 6.07) is 5.74. The van der Waals surface area contributed by atoms with Crippen LogP contribution in [0.25, 0.3) is 10.4 Å². The van der Waals surface area contributed by atoms with Crippen LogP contribution in [0.2, 0.25) is 0 Å². The summed E-state index contributed by atoms with van der Waals surface area (Å²) in [6.07, 6.45) is 3.46. The largest absolute Gasteiger partial charge is 0.462 e. The van der Waals surface area contributed by atoms with Gasteiger partial charge in [0.15, 0.2) is 0 Å². The van der Waals surface area contributed by atoms with Crippen molar-refractivity contribution in [2.45, 2.75) is 6.92 Å². The zero-order valence-electron chi connectivity index (χ0n) is 9.14. The maximum Gasteiger partial charge on any atom is 0.349 e. The topological polar surface area (TPSA) is 39.2 Å². The third-order valence-electron chi connectivity index (χ3n) is 2.11. The molecule has 88 valence electrons. The second-order valence-electron chi connectivity index (χ2n) is 3.24. The molecule has 5 heteroatoms. The molecule has 17 heavy (non-hydrogen) atoms. The summed E-state index contributed by atoms with van der Waals surface area (Å²) in [7, 11) is 0. The van der Waals surface area contributed by atoms with Gasteiger partial charge in [0.1, 0.15) is 4.88 Å². The van der Waals surface area contributed by atoms with Crippen LogP contribution >= 0.6 is 27.3 Å². The smallest absolute Gasteiger partial charge is 0.349 e. The molecule has 0 amide bonds. The van der Waals surface area contributed by atoms with E-state index in [1.165, 1.54) is 11.3 Å². The number of aromatic nitrogens is 1. The van der Waals surface area contributed by atoms with E-state index in [-0.39, 0.29) is 5.97 Å². The number of hydrogen-bond acceptors (Lipinski definition) is 4. The number of esters is 1. The minimum atomic E-state index is -0.287. The SMILES string of the molecule is CCOC(=O)c1sc(-c2ccncc2)cc1Br. The van der Waals surface area contributed by atoms with Gasteiger partial charge in [0.2, 0.25) is 0 Å². The first-order valence-corrected chi connectivity index (χ1v) is 6.70. The molecule has 0 radical (unpaired) electrons. The van der Waals surface area contributed by atoms with Crippen molar-refractivity contribution in [2.75, 3.05) is 6.61 Å². The lowest BCUT2D eigenvalue weighted by Gasteiger charge is -1.98. The number of halogens is 1. The van der Waals surface area contributed by atoms with Gasteiger partial charge in [-0.1, -0.05) is 0 Å². The molecule has 0 spiro atoms. The van der Waals surface area contributed by atoms with Gasteiger partial charge in [-0.25, -0.2) is 4.79 Å². The van der Waals surface area contributed by atoms with Crippen molar-refractivity contribution in [2.24, 2.45) is 0 Å². The maximum absolute atomic E-state index is 11.7. The Morgan fingerprint density at radius 2 is 2.18 bits per heavy atom. The van der Waals surface area contributed by atoms with Gasteiger partial charge in [-0.2, -0.15) is 0 Å². The van der Waals surface area contributed by atoms with E-state index in [0.29, 0.717) is 11.5 Å². The summed E-state index contributed by atoms with van der Waals surface area (Å²) in [6.45, 7) is 2.18. The van der Waals surface area contributed by atoms with Crippen molar-refractivity contribution < 1.29 is 9.53 Å². The van der Waals surface area contributed by atoms with Crippen molar-refractivity contribution in [1.29, 1.82) is 0 Å². The molecule has 0 N–H and O–H groups in total. The highest BCUT2D eigenvalue weighted by molar-refractivity contribution is 9.10. The van der Waals surface area contributed by atoms with E-state index in [1.807, 2.05) is 18.2 Å². The normalized spacial score (nSPS) is 10.2. The summed E-state index contributed by atoms with van der Waals surface area (Å²) in [4.78, 5) is 17.2. The second-order valence-corrected chi connectivity index (χ2v) is 5.15. The number of rotatable bonds is 3. The quantitative estimate of drug-likeness (QED) is 0.810. The Kier molecular flexibility index (Phi) is 3.91. The lowest BCUT2D eigenvalue weighted by atomic mass is 10.2. The number of nitrogens with zero attached hydrogens (tertiary/aromatic N) is 1. The van der Waals surface area contributed by atoms with Gasteiger partial charge in [-0.05, 0) is 46.6 Å². The number of carbonyl (C=O) groups is 1. The average Bonchev–Trinajstić information content (AvgIpc) is 2.73. The fourth-order valence-electron chi connectivity index (χ4n) is 1.36. The van der Waals surface area contributed by atoms with Gasteiger partial charge in [0.05, 0.1) is 6.61 Å². The van der Waals surface area contributed by atoms with Crippen LogP contribution in [-0.2, 0) is 4.74 Å². The summed E-state index contributed by atoms with van der Waals surface area (Å²) >= 11 is 4.79. The zero-order valence-corrected chi connectivity index (χ0v) is 11.5. The predicted molar refractivity (Wildman–Crippen MR) is 71.2 cm³/mol. The molecule has 0 fully saturated rings. The summed E-state index contributed by atoms with van der Waals surface area (Å²) in [5.74, 6) is -0.287. The highest BCUT2D eigenvalue weighted by Gasteiger charge is 2.16. The summed E-state index contributed by atoms with van der Waals surface area (Å²) in [5, 5.41) is 0. The van der Waals surface area contributed by atoms with Crippen molar-refractivity contribution >= 4 is 33.2 Å². The highest BCUT2D eigenvalue weighted by atomic mass is 79.9. The molecule has 0 atom stereocenters. The predicted octanol–water partition coefficient (Wildman–Crippen LogP) is 3.75. The third-order valence-corrected chi connectivity index (χ3v) is 4.16. The van der Waals surface area contributed by atoms with E-state index in [2.05, 4.69) is 20.9 Å². The number of pyridine rings is 1. The molecule has 0 aliphatic heterocycles. The molecule has 0 aliphatic carbocycles. The number of carbonyl (C=O) groups excluding carboxylic acids is 1. The molecule has 0 saturated carbocycles. The average molecular weight is 312 g/mol. The Hall–Kier alpha value is -1.20. The zero-order chi connectivity index (χ0) is 12.3. The van der Waals surface area contributed by atoms with E-state index in [1.54, 1.807) is 19.3 Å². The molecule has 0 bridgehead atoms. The van der Waals surface area contributed by atoms with E-state index in [4.69, 9.17) is 4.74 Å². The number of thiophene rings is 1. The molecule has 2 aromatic heterocycles. The first kappa shape index (κ1) is 12.3. The van der Waals surface area contributed by atoms with Crippen LogP contribution in [0.1, 0.15) is 16.6 Å². The Labute approximate surface area is 112 Å². The van der Waals surface area contributed by atoms with Crippen molar-refractivity contribution in [3.63, 3.8) is 0 Å².